The van der Waals surface area contributed by atoms with Gasteiger partial charge in [0.1, 0.15) is 6.72 Å². The molecule has 0 saturated carbocycles. The van der Waals surface area contributed by atoms with Gasteiger partial charge in [-0.05, 0) is 31.2 Å². The van der Waals surface area contributed by atoms with Crippen molar-refractivity contribution in [2.45, 2.75) is 6.92 Å². The molecule has 0 aliphatic carbocycles. The molecule has 0 heterocycles. The third-order valence-corrected chi connectivity index (χ3v) is 4.81. The SMILES string of the molecule is C=[N+]([N-]c1ccc([N-]C)cc1)c1ccc(N=Nc2ccc(C)cc2)c2ccccc12. The maximum absolute atomic E-state index is 4.61. The van der Waals surface area contributed by atoms with Gasteiger partial charge in [0.2, 0.25) is 5.69 Å². The van der Waals surface area contributed by atoms with Gasteiger partial charge in [0.15, 0.2) is 0 Å². The summed E-state index contributed by atoms with van der Waals surface area (Å²) in [6.07, 6.45) is 0. The third-order valence-electron chi connectivity index (χ3n) is 4.81. The van der Waals surface area contributed by atoms with Crippen LogP contribution in [0, 0.1) is 6.92 Å². The molecule has 0 aromatic heterocycles. The zero-order chi connectivity index (χ0) is 20.9. The second-order valence-corrected chi connectivity index (χ2v) is 6.92. The highest BCUT2D eigenvalue weighted by atomic mass is 15.4. The zero-order valence-electron chi connectivity index (χ0n) is 17.0. The van der Waals surface area contributed by atoms with Gasteiger partial charge in [0, 0.05) is 11.5 Å². The minimum atomic E-state index is 0.803. The Morgan fingerprint density at radius 3 is 2.10 bits per heavy atom. The first-order valence-electron chi connectivity index (χ1n) is 9.66. The monoisotopic (exact) mass is 392 g/mol. The van der Waals surface area contributed by atoms with E-state index in [0.29, 0.717) is 0 Å². The van der Waals surface area contributed by atoms with Crippen LogP contribution in [0.25, 0.3) is 21.5 Å². The molecule has 0 aliphatic heterocycles. The highest BCUT2D eigenvalue weighted by molar-refractivity contribution is 5.98. The summed E-state index contributed by atoms with van der Waals surface area (Å²) in [5.41, 5.74) is 10.1. The van der Waals surface area contributed by atoms with E-state index in [9.17, 15) is 0 Å². The van der Waals surface area contributed by atoms with Crippen LogP contribution in [0.3, 0.4) is 0 Å². The van der Waals surface area contributed by atoms with Crippen molar-refractivity contribution in [1.82, 2.24) is 0 Å². The summed E-state index contributed by atoms with van der Waals surface area (Å²) in [7, 11) is 1.77. The molecule has 4 rings (SSSR count). The summed E-state index contributed by atoms with van der Waals surface area (Å²) in [5, 5.41) is 15.0. The second kappa shape index (κ2) is 8.57. The smallest absolute Gasteiger partial charge is 0.208 e. The number of azo groups is 1. The summed E-state index contributed by atoms with van der Waals surface area (Å²) < 4.78 is 1.64. The minimum absolute atomic E-state index is 0.803. The van der Waals surface area contributed by atoms with E-state index in [-0.39, 0.29) is 0 Å². The molecule has 0 N–H and O–H groups in total. The predicted molar refractivity (Wildman–Crippen MR) is 125 cm³/mol. The Morgan fingerprint density at radius 2 is 1.40 bits per heavy atom. The Hall–Kier alpha value is -3.99. The van der Waals surface area contributed by atoms with Crippen molar-refractivity contribution in [3.63, 3.8) is 0 Å². The van der Waals surface area contributed by atoms with Crippen LogP contribution in [0.4, 0.5) is 28.4 Å². The Bertz CT molecular complexity index is 1210. The zero-order valence-corrected chi connectivity index (χ0v) is 17.0. The fraction of sp³-hybridized carbons (Fsp3) is 0.0800. The third kappa shape index (κ3) is 4.20. The number of benzene rings is 4. The summed E-state index contributed by atoms with van der Waals surface area (Å²) >= 11 is 0. The maximum atomic E-state index is 4.61. The number of nitrogens with zero attached hydrogens (tertiary/aromatic N) is 5. The lowest BCUT2D eigenvalue weighted by atomic mass is 10.1. The Labute approximate surface area is 176 Å². The molecular formula is C25H22N5-. The first-order chi connectivity index (χ1) is 14.6. The van der Waals surface area contributed by atoms with Crippen LogP contribution in [0.2, 0.25) is 0 Å². The van der Waals surface area contributed by atoms with Crippen LogP contribution in [-0.2, 0) is 0 Å². The molecule has 5 heteroatoms. The molecule has 0 radical (unpaired) electrons. The molecule has 4 aromatic rings. The maximum Gasteiger partial charge on any atom is 0.208 e. The van der Waals surface area contributed by atoms with Crippen molar-refractivity contribution in [2.24, 2.45) is 10.2 Å². The Balaban J connectivity index is 1.64. The molecule has 0 aliphatic rings. The number of hydrogen-bond donors (Lipinski definition) is 0. The van der Waals surface area contributed by atoms with Crippen LogP contribution >= 0.6 is 0 Å². The van der Waals surface area contributed by atoms with E-state index in [1.807, 2.05) is 84.9 Å². The molecule has 0 spiro atoms. The van der Waals surface area contributed by atoms with Crippen molar-refractivity contribution < 1.29 is 4.68 Å². The average molecular weight is 392 g/mol. The van der Waals surface area contributed by atoms with Crippen molar-refractivity contribution in [2.75, 3.05) is 7.05 Å². The molecule has 5 nitrogen and oxygen atoms in total. The van der Waals surface area contributed by atoms with Crippen molar-refractivity contribution in [1.29, 1.82) is 0 Å². The number of hydrogen-bond acceptors (Lipinski definition) is 2. The number of rotatable bonds is 6. The number of fused-ring (bicyclic) bond motifs is 1. The largest absolute Gasteiger partial charge is 0.687 e. The molecule has 0 bridgehead atoms. The summed E-state index contributed by atoms with van der Waals surface area (Å²) in [6, 6.07) is 27.7. The first-order valence-corrected chi connectivity index (χ1v) is 9.66. The van der Waals surface area contributed by atoms with E-state index in [1.54, 1.807) is 11.7 Å². The second-order valence-electron chi connectivity index (χ2n) is 6.92. The molecule has 0 amide bonds. The number of aryl methyl sites for hydroxylation is 1. The van der Waals surface area contributed by atoms with Gasteiger partial charge in [-0.1, -0.05) is 65.8 Å². The van der Waals surface area contributed by atoms with Crippen LogP contribution in [0.5, 0.6) is 0 Å². The minimum Gasteiger partial charge on any atom is -0.687 e. The topological polar surface area (TPSA) is 55.9 Å². The van der Waals surface area contributed by atoms with Crippen LogP contribution < -0.4 is 0 Å². The van der Waals surface area contributed by atoms with Crippen LogP contribution in [-0.4, -0.2) is 18.4 Å². The lowest BCUT2D eigenvalue weighted by Gasteiger charge is -2.20. The quantitative estimate of drug-likeness (QED) is 0.137. The van der Waals surface area contributed by atoms with Gasteiger partial charge in [-0.3, -0.25) is 0 Å². The lowest BCUT2D eigenvalue weighted by molar-refractivity contribution is -0.364. The summed E-state index contributed by atoms with van der Waals surface area (Å²) in [6.45, 7) is 6.17. The molecule has 30 heavy (non-hydrogen) atoms. The Morgan fingerprint density at radius 1 is 0.733 bits per heavy atom. The highest BCUT2D eigenvalue weighted by Gasteiger charge is 2.10. The first kappa shape index (κ1) is 19.3. The van der Waals surface area contributed by atoms with Crippen molar-refractivity contribution in [3.8, 4) is 0 Å². The fourth-order valence-electron chi connectivity index (χ4n) is 3.16. The average Bonchev–Trinajstić information content (AvgIpc) is 2.79. The normalized spacial score (nSPS) is 11.0. The molecule has 148 valence electrons. The van der Waals surface area contributed by atoms with Gasteiger partial charge in [-0.15, -0.1) is 17.8 Å². The Kier molecular flexibility index (Phi) is 5.52. The van der Waals surface area contributed by atoms with Crippen LogP contribution in [0.15, 0.2) is 95.2 Å². The van der Waals surface area contributed by atoms with E-state index in [1.165, 1.54) is 5.56 Å². The van der Waals surface area contributed by atoms with Gasteiger partial charge in [-0.2, -0.15) is 5.11 Å². The summed E-state index contributed by atoms with van der Waals surface area (Å²) in [5.74, 6) is 0. The van der Waals surface area contributed by atoms with Gasteiger partial charge in [0.05, 0.1) is 16.8 Å². The van der Waals surface area contributed by atoms with Gasteiger partial charge >= 0.3 is 0 Å². The van der Waals surface area contributed by atoms with Crippen molar-refractivity contribution >= 4 is 45.9 Å². The molecule has 0 unspecified atom stereocenters. The van der Waals surface area contributed by atoms with Gasteiger partial charge in [-0.25, -0.2) is 4.68 Å². The molecule has 0 fully saturated rings. The molecular weight excluding hydrogens is 370 g/mol. The van der Waals surface area contributed by atoms with Gasteiger partial charge < -0.3 is 10.7 Å². The predicted octanol–water partition coefficient (Wildman–Crippen LogP) is 8.16. The highest BCUT2D eigenvalue weighted by Crippen LogP contribution is 2.36. The van der Waals surface area contributed by atoms with E-state index < -0.39 is 0 Å². The molecule has 0 atom stereocenters. The fourth-order valence-corrected chi connectivity index (χ4v) is 3.16. The van der Waals surface area contributed by atoms with Crippen LogP contribution in [0.1, 0.15) is 5.56 Å². The van der Waals surface area contributed by atoms with Gasteiger partial charge in [0.25, 0.3) is 0 Å². The molecule has 0 saturated heterocycles. The summed E-state index contributed by atoms with van der Waals surface area (Å²) in [4.78, 5) is 0. The van der Waals surface area contributed by atoms with E-state index >= 15 is 0 Å². The lowest BCUT2D eigenvalue weighted by Crippen LogP contribution is -1.95. The van der Waals surface area contributed by atoms with E-state index in [2.05, 4.69) is 34.6 Å². The van der Waals surface area contributed by atoms with Crippen molar-refractivity contribution in [3.05, 3.63) is 101 Å². The molecule has 4 aromatic carbocycles. The van der Waals surface area contributed by atoms with E-state index in [4.69, 9.17) is 0 Å². The standard InChI is InChI=1S/C25H22N5/c1-18-8-10-20(11-9-18)27-28-24-16-17-25(23-7-5-4-6-22(23)24)30(3)29-21-14-12-19(26-2)13-15-21/h4-17H,3H2,1-2H3/q-1. The van der Waals surface area contributed by atoms with E-state index in [0.717, 1.165) is 39.2 Å².